The Balaban J connectivity index is 1.63. The molecule has 3 rings (SSSR count). The average molecular weight is 425 g/mol. The van der Waals surface area contributed by atoms with E-state index in [-0.39, 0.29) is 0 Å². The highest BCUT2D eigenvalue weighted by atomic mass is 16.6. The Bertz CT molecular complexity index is 962. The number of ether oxygens (including phenoxy) is 2. The van der Waals surface area contributed by atoms with Gasteiger partial charge in [-0.3, -0.25) is 4.98 Å². The molecule has 0 atom stereocenters. The van der Waals surface area contributed by atoms with Gasteiger partial charge in [0.1, 0.15) is 11.5 Å². The zero-order valence-electron chi connectivity index (χ0n) is 17.9. The maximum atomic E-state index is 12.2. The molecule has 1 amide bonds. The van der Waals surface area contributed by atoms with Gasteiger partial charge in [0.15, 0.2) is 5.82 Å². The van der Waals surface area contributed by atoms with E-state index < -0.39 is 6.09 Å². The van der Waals surface area contributed by atoms with Crippen LogP contribution in [0.4, 0.5) is 4.79 Å². The number of carbonyl (C=O) groups excluding carboxylic acids is 1. The van der Waals surface area contributed by atoms with Crippen LogP contribution in [-0.2, 0) is 0 Å². The maximum absolute atomic E-state index is 12.2. The smallest absolute Gasteiger partial charge is 0.412 e. The van der Waals surface area contributed by atoms with Crippen molar-refractivity contribution in [2.24, 2.45) is 0 Å². The highest BCUT2D eigenvalue weighted by Gasteiger charge is 2.13. The van der Waals surface area contributed by atoms with Gasteiger partial charge in [-0.1, -0.05) is 39.0 Å². The van der Waals surface area contributed by atoms with E-state index >= 15 is 0 Å². The number of unbranched alkanes of at least 4 members (excludes halogenated alkanes) is 5. The molecule has 0 aliphatic carbocycles. The van der Waals surface area contributed by atoms with Crippen molar-refractivity contribution in [2.75, 3.05) is 13.7 Å². The Morgan fingerprint density at radius 2 is 1.87 bits per heavy atom. The molecule has 0 unspecified atom stereocenters. The first-order valence-corrected chi connectivity index (χ1v) is 10.5. The summed E-state index contributed by atoms with van der Waals surface area (Å²) in [6, 6.07) is 7.09. The fourth-order valence-corrected chi connectivity index (χ4v) is 3.21. The third kappa shape index (κ3) is 6.50. The van der Waals surface area contributed by atoms with E-state index in [1.54, 1.807) is 37.7 Å². The zero-order chi connectivity index (χ0) is 21.9. The number of hydrogen-bond donors (Lipinski definition) is 2. The fourth-order valence-electron chi connectivity index (χ4n) is 3.21. The summed E-state index contributed by atoms with van der Waals surface area (Å²) in [5.41, 5.74) is 2.25. The fraction of sp³-hybridized carbons (Fsp3) is 0.409. The lowest BCUT2D eigenvalue weighted by atomic mass is 10.0. The second-order valence-electron chi connectivity index (χ2n) is 7.16. The zero-order valence-corrected chi connectivity index (χ0v) is 17.9. The van der Waals surface area contributed by atoms with Gasteiger partial charge >= 0.3 is 6.09 Å². The quantitative estimate of drug-likeness (QED) is 0.439. The molecule has 0 bridgehead atoms. The first-order chi connectivity index (χ1) is 15.2. The van der Waals surface area contributed by atoms with Gasteiger partial charge in [-0.25, -0.2) is 9.89 Å². The number of rotatable bonds is 11. The van der Waals surface area contributed by atoms with Crippen LogP contribution in [0.1, 0.15) is 45.4 Å². The summed E-state index contributed by atoms with van der Waals surface area (Å²) in [5.74, 6) is 1.56. The largest absolute Gasteiger partial charge is 0.496 e. The van der Waals surface area contributed by atoms with Crippen molar-refractivity contribution in [1.82, 2.24) is 30.9 Å². The maximum Gasteiger partial charge on any atom is 0.412 e. The molecule has 9 nitrogen and oxygen atoms in total. The number of aromatic amines is 1. The van der Waals surface area contributed by atoms with E-state index in [9.17, 15) is 4.79 Å². The molecular formula is C22H28N6O3. The molecule has 2 heterocycles. The third-order valence-electron chi connectivity index (χ3n) is 4.85. The van der Waals surface area contributed by atoms with Gasteiger partial charge < -0.3 is 14.8 Å². The molecule has 0 fully saturated rings. The van der Waals surface area contributed by atoms with Crippen LogP contribution < -0.4 is 14.8 Å². The molecule has 2 aromatic heterocycles. The van der Waals surface area contributed by atoms with E-state index in [0.717, 1.165) is 29.5 Å². The van der Waals surface area contributed by atoms with Gasteiger partial charge in [0.05, 0.1) is 7.11 Å². The number of benzene rings is 1. The van der Waals surface area contributed by atoms with Crippen molar-refractivity contribution < 1.29 is 14.3 Å². The van der Waals surface area contributed by atoms with Crippen LogP contribution >= 0.6 is 0 Å². The van der Waals surface area contributed by atoms with Gasteiger partial charge in [-0.05, 0) is 41.1 Å². The molecular weight excluding hydrogens is 396 g/mol. The third-order valence-corrected chi connectivity index (χ3v) is 4.85. The molecule has 164 valence electrons. The van der Waals surface area contributed by atoms with Crippen molar-refractivity contribution >= 4 is 6.09 Å². The summed E-state index contributed by atoms with van der Waals surface area (Å²) in [7, 11) is 1.59. The van der Waals surface area contributed by atoms with Crippen molar-refractivity contribution in [2.45, 2.75) is 45.4 Å². The molecule has 0 radical (unpaired) electrons. The number of carbonyl (C=O) groups is 1. The molecule has 0 aliphatic heterocycles. The average Bonchev–Trinajstić information content (AvgIpc) is 3.34. The van der Waals surface area contributed by atoms with Crippen LogP contribution in [0, 0.1) is 0 Å². The van der Waals surface area contributed by atoms with Gasteiger partial charge in [0.25, 0.3) is 0 Å². The second kappa shape index (κ2) is 11.6. The van der Waals surface area contributed by atoms with Crippen LogP contribution in [0.3, 0.4) is 0 Å². The Kier molecular flexibility index (Phi) is 8.33. The van der Waals surface area contributed by atoms with E-state index in [0.29, 0.717) is 23.9 Å². The molecule has 0 saturated carbocycles. The number of methoxy groups -OCH3 is 1. The molecule has 9 heteroatoms. The summed E-state index contributed by atoms with van der Waals surface area (Å²) in [6.07, 6.45) is 9.89. The Hall–Kier alpha value is -3.49. The summed E-state index contributed by atoms with van der Waals surface area (Å²) in [5, 5.41) is 16.6. The van der Waals surface area contributed by atoms with Gasteiger partial charge in [0.2, 0.25) is 0 Å². The minimum atomic E-state index is -0.468. The van der Waals surface area contributed by atoms with Crippen molar-refractivity contribution in [3.05, 3.63) is 36.7 Å². The molecule has 2 N–H and O–H groups in total. The van der Waals surface area contributed by atoms with Crippen LogP contribution in [-0.4, -0.2) is 45.4 Å². The Morgan fingerprint density at radius 1 is 1.06 bits per heavy atom. The topological polar surface area (TPSA) is 115 Å². The van der Waals surface area contributed by atoms with Gasteiger partial charge in [0, 0.05) is 35.6 Å². The number of H-pyrrole nitrogens is 1. The van der Waals surface area contributed by atoms with E-state index in [1.165, 1.54) is 25.7 Å². The van der Waals surface area contributed by atoms with Crippen molar-refractivity contribution in [3.63, 3.8) is 0 Å². The number of aromatic nitrogens is 5. The minimum absolute atomic E-state index is 0.419. The first-order valence-electron chi connectivity index (χ1n) is 10.5. The Morgan fingerprint density at radius 3 is 2.65 bits per heavy atom. The molecule has 0 spiro atoms. The summed E-state index contributed by atoms with van der Waals surface area (Å²) in [4.78, 5) is 16.4. The van der Waals surface area contributed by atoms with Gasteiger partial charge in [-0.15, -0.1) is 5.10 Å². The highest BCUT2D eigenvalue weighted by molar-refractivity contribution is 5.76. The van der Waals surface area contributed by atoms with E-state index in [1.807, 2.05) is 6.07 Å². The summed E-state index contributed by atoms with van der Waals surface area (Å²) in [6.45, 7) is 2.80. The van der Waals surface area contributed by atoms with Crippen molar-refractivity contribution in [1.29, 1.82) is 0 Å². The highest BCUT2D eigenvalue weighted by Crippen LogP contribution is 2.34. The van der Waals surface area contributed by atoms with Gasteiger partial charge in [-0.2, -0.15) is 0 Å². The number of amides is 1. The number of tetrazole rings is 1. The lowest BCUT2D eigenvalue weighted by Crippen LogP contribution is -2.27. The molecule has 0 aliphatic rings. The Labute approximate surface area is 181 Å². The lowest BCUT2D eigenvalue weighted by molar-refractivity contribution is 0.200. The standard InChI is InChI=1S/C22H28N6O3/c1-3-4-5-6-7-8-11-24-22(29)31-18-9-10-20(30-2)19(13-18)16-12-17(15-23-14-16)21-25-27-28-26-21/h9-10,12-15H,3-8,11H2,1-2H3,(H,24,29)(H,25,26,27,28). The van der Waals surface area contributed by atoms with Crippen LogP contribution in [0.5, 0.6) is 11.5 Å². The second-order valence-corrected chi connectivity index (χ2v) is 7.16. The molecule has 1 aromatic carbocycles. The predicted octanol–water partition coefficient (Wildman–Crippen LogP) is 4.39. The lowest BCUT2D eigenvalue weighted by Gasteiger charge is -2.12. The van der Waals surface area contributed by atoms with E-state index in [2.05, 4.69) is 37.8 Å². The van der Waals surface area contributed by atoms with Crippen LogP contribution in [0.2, 0.25) is 0 Å². The number of nitrogens with one attached hydrogen (secondary N) is 2. The van der Waals surface area contributed by atoms with Crippen LogP contribution in [0.25, 0.3) is 22.5 Å². The van der Waals surface area contributed by atoms with Crippen LogP contribution in [0.15, 0.2) is 36.7 Å². The normalized spacial score (nSPS) is 10.6. The SMILES string of the molecule is CCCCCCCCNC(=O)Oc1ccc(OC)c(-c2cncc(-c3nnn[nH]3)c2)c1. The minimum Gasteiger partial charge on any atom is -0.496 e. The predicted molar refractivity (Wildman–Crippen MR) is 117 cm³/mol. The molecule has 31 heavy (non-hydrogen) atoms. The van der Waals surface area contributed by atoms with E-state index in [4.69, 9.17) is 9.47 Å². The molecule has 3 aromatic rings. The monoisotopic (exact) mass is 424 g/mol. The molecule has 0 saturated heterocycles. The number of pyridine rings is 1. The summed E-state index contributed by atoms with van der Waals surface area (Å²) >= 11 is 0. The van der Waals surface area contributed by atoms with Crippen molar-refractivity contribution in [3.8, 4) is 34.0 Å². The summed E-state index contributed by atoms with van der Waals surface area (Å²) < 4.78 is 10.9. The first kappa shape index (κ1) is 22.2. The number of hydrogen-bond acceptors (Lipinski definition) is 7. The number of nitrogens with zero attached hydrogens (tertiary/aromatic N) is 4.